The van der Waals surface area contributed by atoms with Gasteiger partial charge in [0.25, 0.3) is 17.1 Å². The van der Waals surface area contributed by atoms with Gasteiger partial charge >= 0.3 is 0 Å². The van der Waals surface area contributed by atoms with Crippen LogP contribution in [0.2, 0.25) is 0 Å². The van der Waals surface area contributed by atoms with Gasteiger partial charge in [0.15, 0.2) is 0 Å². The van der Waals surface area contributed by atoms with Gasteiger partial charge < -0.3 is 9.80 Å². The highest BCUT2D eigenvalue weighted by Gasteiger charge is 2.35. The molecule has 0 saturated carbocycles. The average Bonchev–Trinajstić information content (AvgIpc) is 3.16. The number of hydrogen-bond donors (Lipinski definition) is 0. The molecule has 2 aliphatic rings. The predicted octanol–water partition coefficient (Wildman–Crippen LogP) is 4.42. The molecule has 36 heavy (non-hydrogen) atoms. The van der Waals surface area contributed by atoms with Gasteiger partial charge in [-0.05, 0) is 65.4 Å². The van der Waals surface area contributed by atoms with Crippen molar-refractivity contribution < 1.29 is 18.8 Å². The molecule has 3 heterocycles. The van der Waals surface area contributed by atoms with Gasteiger partial charge in [0.2, 0.25) is 0 Å². The number of halogens is 1. The maximum absolute atomic E-state index is 13.5. The second-order valence-corrected chi connectivity index (χ2v) is 9.48. The zero-order chi connectivity index (χ0) is 25.1. The molecule has 182 valence electrons. The number of piperazine rings is 1. The number of imide groups is 1. The van der Waals surface area contributed by atoms with Crippen molar-refractivity contribution >= 4 is 40.7 Å². The smallest absolute Gasteiger partial charge is 0.293 e. The summed E-state index contributed by atoms with van der Waals surface area (Å²) in [5.41, 5.74) is 1.72. The monoisotopic (exact) mass is 502 g/mol. The number of anilines is 1. The summed E-state index contributed by atoms with van der Waals surface area (Å²) in [6.07, 6.45) is 3.38. The van der Waals surface area contributed by atoms with E-state index in [1.807, 2.05) is 23.1 Å². The Kier molecular flexibility index (Phi) is 6.81. The molecule has 0 N–H and O–H groups in total. The fourth-order valence-corrected chi connectivity index (χ4v) is 5.07. The highest BCUT2D eigenvalue weighted by molar-refractivity contribution is 8.18. The third-order valence-electron chi connectivity index (χ3n) is 6.07. The minimum atomic E-state index is -0.434. The number of carbonyl (C=O) groups is 3. The summed E-state index contributed by atoms with van der Waals surface area (Å²) in [7, 11) is 0. The minimum absolute atomic E-state index is 0.00275. The molecule has 0 aliphatic carbocycles. The van der Waals surface area contributed by atoms with Crippen molar-refractivity contribution in [2.75, 3.05) is 31.1 Å². The summed E-state index contributed by atoms with van der Waals surface area (Å²) in [5.74, 6) is -0.0330. The van der Waals surface area contributed by atoms with E-state index in [0.29, 0.717) is 42.9 Å². The largest absolute Gasteiger partial charge is 0.353 e. The molecule has 1 aromatic heterocycles. The Morgan fingerprint density at radius 3 is 2.53 bits per heavy atom. The van der Waals surface area contributed by atoms with Gasteiger partial charge in [-0.2, -0.15) is 0 Å². The molecule has 0 bridgehead atoms. The van der Waals surface area contributed by atoms with Gasteiger partial charge in [-0.3, -0.25) is 19.3 Å². The summed E-state index contributed by atoms with van der Waals surface area (Å²) in [6, 6.07) is 18.6. The van der Waals surface area contributed by atoms with Gasteiger partial charge in [0.1, 0.15) is 11.6 Å². The van der Waals surface area contributed by atoms with Crippen molar-refractivity contribution in [2.45, 2.75) is 6.54 Å². The highest BCUT2D eigenvalue weighted by Crippen LogP contribution is 2.33. The van der Waals surface area contributed by atoms with Gasteiger partial charge in [-0.1, -0.05) is 30.3 Å². The molecule has 2 saturated heterocycles. The summed E-state index contributed by atoms with van der Waals surface area (Å²) in [4.78, 5) is 48.2. The van der Waals surface area contributed by atoms with Crippen molar-refractivity contribution in [1.82, 2.24) is 14.8 Å². The second kappa shape index (κ2) is 10.3. The van der Waals surface area contributed by atoms with Crippen LogP contribution in [0.3, 0.4) is 0 Å². The molecule has 5 rings (SSSR count). The summed E-state index contributed by atoms with van der Waals surface area (Å²) in [5, 5.41) is -0.409. The van der Waals surface area contributed by atoms with Gasteiger partial charge in [0.05, 0.1) is 11.4 Å². The number of amides is 3. The fraction of sp³-hybridized carbons (Fsp3) is 0.185. The Morgan fingerprint density at radius 2 is 1.78 bits per heavy atom. The number of carbonyl (C=O) groups excluding carboxylic acids is 3. The van der Waals surface area contributed by atoms with Gasteiger partial charge in [-0.25, -0.2) is 9.37 Å². The van der Waals surface area contributed by atoms with E-state index in [0.717, 1.165) is 22.5 Å². The molecular weight excluding hydrogens is 479 g/mol. The van der Waals surface area contributed by atoms with E-state index in [1.165, 1.54) is 12.1 Å². The van der Waals surface area contributed by atoms with Crippen LogP contribution in [0.1, 0.15) is 21.5 Å². The Hall–Kier alpha value is -3.98. The molecule has 2 aromatic carbocycles. The third kappa shape index (κ3) is 5.16. The van der Waals surface area contributed by atoms with Gasteiger partial charge in [-0.15, -0.1) is 0 Å². The molecule has 3 aromatic rings. The van der Waals surface area contributed by atoms with Crippen LogP contribution < -0.4 is 4.90 Å². The van der Waals surface area contributed by atoms with E-state index in [4.69, 9.17) is 0 Å². The molecule has 0 radical (unpaired) electrons. The SMILES string of the molecule is O=C(c1cccc(/C=C2\SC(=O)N(Cc3cccc(F)c3)C2=O)c1)N1CCN(c2ccccn2)CC1. The first-order valence-electron chi connectivity index (χ1n) is 11.5. The molecule has 2 aliphatic heterocycles. The maximum atomic E-state index is 13.5. The van der Waals surface area contributed by atoms with E-state index in [-0.39, 0.29) is 17.4 Å². The summed E-state index contributed by atoms with van der Waals surface area (Å²) in [6.45, 7) is 2.56. The van der Waals surface area contributed by atoms with Crippen LogP contribution in [0.4, 0.5) is 15.0 Å². The zero-order valence-electron chi connectivity index (χ0n) is 19.3. The summed E-state index contributed by atoms with van der Waals surface area (Å²) < 4.78 is 13.5. The lowest BCUT2D eigenvalue weighted by Gasteiger charge is -2.35. The topological polar surface area (TPSA) is 73.8 Å². The molecule has 0 unspecified atom stereocenters. The molecule has 0 atom stereocenters. The average molecular weight is 503 g/mol. The minimum Gasteiger partial charge on any atom is -0.353 e. The first-order chi connectivity index (χ1) is 17.5. The van der Waals surface area contributed by atoms with Gasteiger partial charge in [0, 0.05) is 37.9 Å². The number of nitrogens with zero attached hydrogens (tertiary/aromatic N) is 4. The van der Waals surface area contributed by atoms with Crippen molar-refractivity contribution in [3.8, 4) is 0 Å². The molecule has 3 amide bonds. The predicted molar refractivity (Wildman–Crippen MR) is 137 cm³/mol. The second-order valence-electron chi connectivity index (χ2n) is 8.49. The molecule has 7 nitrogen and oxygen atoms in total. The fourth-order valence-electron chi connectivity index (χ4n) is 4.23. The van der Waals surface area contributed by atoms with Crippen molar-refractivity contribution in [3.05, 3.63) is 100 Å². The molecule has 9 heteroatoms. The Labute approximate surface area is 212 Å². The maximum Gasteiger partial charge on any atom is 0.293 e. The number of thioether (sulfide) groups is 1. The van der Waals surface area contributed by atoms with Crippen LogP contribution in [0, 0.1) is 5.82 Å². The van der Waals surface area contributed by atoms with Crippen LogP contribution in [0.15, 0.2) is 77.8 Å². The normalized spacial score (nSPS) is 17.2. The first kappa shape index (κ1) is 23.7. The summed E-state index contributed by atoms with van der Waals surface area (Å²) >= 11 is 0.839. The quantitative estimate of drug-likeness (QED) is 0.481. The van der Waals surface area contributed by atoms with E-state index in [2.05, 4.69) is 9.88 Å². The van der Waals surface area contributed by atoms with Crippen LogP contribution in [0.25, 0.3) is 6.08 Å². The van der Waals surface area contributed by atoms with Crippen LogP contribution >= 0.6 is 11.8 Å². The van der Waals surface area contributed by atoms with Crippen LogP contribution in [-0.4, -0.2) is 58.0 Å². The Bertz CT molecular complexity index is 1340. The van der Waals surface area contributed by atoms with Crippen molar-refractivity contribution in [1.29, 1.82) is 0 Å². The lowest BCUT2D eigenvalue weighted by Crippen LogP contribution is -2.49. The third-order valence-corrected chi connectivity index (χ3v) is 6.98. The van der Waals surface area contributed by atoms with Crippen LogP contribution in [0.5, 0.6) is 0 Å². The number of benzene rings is 2. The highest BCUT2D eigenvalue weighted by atomic mass is 32.2. The number of aromatic nitrogens is 1. The first-order valence-corrected chi connectivity index (χ1v) is 12.3. The van der Waals surface area contributed by atoms with E-state index < -0.39 is 17.0 Å². The molecular formula is C27H23FN4O3S. The molecule has 0 spiro atoms. The molecule has 2 fully saturated rings. The number of rotatable bonds is 5. The number of pyridine rings is 1. The van der Waals surface area contributed by atoms with Crippen molar-refractivity contribution in [2.24, 2.45) is 0 Å². The van der Waals surface area contributed by atoms with Crippen molar-refractivity contribution in [3.63, 3.8) is 0 Å². The Balaban J connectivity index is 1.26. The number of hydrogen-bond acceptors (Lipinski definition) is 6. The lowest BCUT2D eigenvalue weighted by molar-refractivity contribution is -0.123. The van der Waals surface area contributed by atoms with E-state index >= 15 is 0 Å². The van der Waals surface area contributed by atoms with E-state index in [1.54, 1.807) is 48.7 Å². The van der Waals surface area contributed by atoms with E-state index in [9.17, 15) is 18.8 Å². The van der Waals surface area contributed by atoms with Crippen LogP contribution in [-0.2, 0) is 11.3 Å². The zero-order valence-corrected chi connectivity index (χ0v) is 20.2. The standard InChI is InChI=1S/C27H23FN4O3S/c28-22-8-4-6-20(16-22)18-32-26(34)23(36-27(32)35)17-19-5-3-7-21(15-19)25(33)31-13-11-30(12-14-31)24-9-1-2-10-29-24/h1-10,15-17H,11-14,18H2/b23-17-. The lowest BCUT2D eigenvalue weighted by atomic mass is 10.1. The Morgan fingerprint density at radius 1 is 0.972 bits per heavy atom.